The van der Waals surface area contributed by atoms with Crippen molar-refractivity contribution in [1.29, 1.82) is 0 Å². The van der Waals surface area contributed by atoms with E-state index in [9.17, 15) is 4.39 Å². The highest BCUT2D eigenvalue weighted by atomic mass is 79.9. The molecular formula is C13H13BrClFN2O. The average Bonchev–Trinajstić information content (AvgIpc) is 2.67. The molecule has 0 amide bonds. The highest BCUT2D eigenvalue weighted by molar-refractivity contribution is 9.10. The minimum atomic E-state index is -0.280. The van der Waals surface area contributed by atoms with Gasteiger partial charge in [-0.1, -0.05) is 0 Å². The Kier molecular flexibility index (Phi) is 3.53. The van der Waals surface area contributed by atoms with Gasteiger partial charge in [-0.25, -0.2) is 9.37 Å². The molecule has 102 valence electrons. The maximum Gasteiger partial charge on any atom is 0.139 e. The molecule has 3 rings (SSSR count). The topological polar surface area (TPSA) is 27.1 Å². The van der Waals surface area contributed by atoms with Crippen LogP contribution in [0.4, 0.5) is 4.39 Å². The minimum Gasteiger partial charge on any atom is -0.381 e. The third-order valence-electron chi connectivity index (χ3n) is 3.69. The summed E-state index contributed by atoms with van der Waals surface area (Å²) >= 11 is 9.14. The second-order valence-electron chi connectivity index (χ2n) is 4.77. The van der Waals surface area contributed by atoms with Gasteiger partial charge in [-0.3, -0.25) is 0 Å². The van der Waals surface area contributed by atoms with E-state index in [-0.39, 0.29) is 11.9 Å². The quantitative estimate of drug-likeness (QED) is 0.784. The van der Waals surface area contributed by atoms with Crippen molar-refractivity contribution in [3.63, 3.8) is 0 Å². The van der Waals surface area contributed by atoms with Crippen LogP contribution in [0, 0.1) is 5.82 Å². The number of hydrogen-bond acceptors (Lipinski definition) is 2. The van der Waals surface area contributed by atoms with E-state index >= 15 is 0 Å². The standard InChI is InChI=1S/C13H13BrClFN2O/c1-19-8-2-7(3-8)18-12-5-10(16)9(14)4-11(12)17-13(18)6-15/h4-5,7-8H,2-3,6H2,1H3. The minimum absolute atomic E-state index is 0.280. The normalized spacial score (nSPS) is 22.7. The number of ether oxygens (including phenoxy) is 1. The molecule has 0 N–H and O–H groups in total. The molecule has 0 radical (unpaired) electrons. The molecule has 19 heavy (non-hydrogen) atoms. The summed E-state index contributed by atoms with van der Waals surface area (Å²) in [7, 11) is 1.71. The summed E-state index contributed by atoms with van der Waals surface area (Å²) < 4.78 is 21.5. The first-order valence-electron chi connectivity index (χ1n) is 6.08. The zero-order valence-corrected chi connectivity index (χ0v) is 12.7. The molecule has 0 unspecified atom stereocenters. The van der Waals surface area contributed by atoms with Crippen LogP contribution in [0.5, 0.6) is 0 Å². The van der Waals surface area contributed by atoms with Crippen LogP contribution >= 0.6 is 27.5 Å². The first-order chi connectivity index (χ1) is 9.13. The lowest BCUT2D eigenvalue weighted by molar-refractivity contribution is 0.00674. The monoisotopic (exact) mass is 346 g/mol. The van der Waals surface area contributed by atoms with E-state index in [2.05, 4.69) is 20.9 Å². The lowest BCUT2D eigenvalue weighted by atomic mass is 9.89. The van der Waals surface area contributed by atoms with Crippen LogP contribution in [-0.2, 0) is 10.6 Å². The van der Waals surface area contributed by atoms with Crippen LogP contribution in [-0.4, -0.2) is 22.8 Å². The summed E-state index contributed by atoms with van der Waals surface area (Å²) in [5.74, 6) is 0.827. The third-order valence-corrected chi connectivity index (χ3v) is 4.54. The van der Waals surface area contributed by atoms with Crippen molar-refractivity contribution >= 4 is 38.6 Å². The van der Waals surface area contributed by atoms with Crippen LogP contribution < -0.4 is 0 Å². The Morgan fingerprint density at radius 3 is 2.89 bits per heavy atom. The average molecular weight is 348 g/mol. The van der Waals surface area contributed by atoms with Gasteiger partial charge in [0.05, 0.1) is 27.5 Å². The molecule has 1 aromatic carbocycles. The van der Waals surface area contributed by atoms with Crippen LogP contribution in [0.1, 0.15) is 24.7 Å². The summed E-state index contributed by atoms with van der Waals surface area (Å²) in [5, 5.41) is 0. The number of aromatic nitrogens is 2. The Labute approximate surface area is 123 Å². The first-order valence-corrected chi connectivity index (χ1v) is 7.41. The van der Waals surface area contributed by atoms with E-state index in [0.717, 1.165) is 29.7 Å². The van der Waals surface area contributed by atoms with Gasteiger partial charge < -0.3 is 9.30 Å². The SMILES string of the molecule is COC1CC(n2c(CCl)nc3cc(Br)c(F)cc32)C1. The summed E-state index contributed by atoms with van der Waals surface area (Å²) in [6.45, 7) is 0. The Bertz CT molecular complexity index is 625. The highest BCUT2D eigenvalue weighted by Gasteiger charge is 2.33. The highest BCUT2D eigenvalue weighted by Crippen LogP contribution is 2.38. The first kappa shape index (κ1) is 13.3. The number of benzene rings is 1. The molecule has 3 nitrogen and oxygen atoms in total. The fourth-order valence-electron chi connectivity index (χ4n) is 2.58. The fourth-order valence-corrected chi connectivity index (χ4v) is 3.10. The fraction of sp³-hybridized carbons (Fsp3) is 0.462. The molecule has 1 fully saturated rings. The van der Waals surface area contributed by atoms with Gasteiger partial charge in [-0.15, -0.1) is 11.6 Å². The summed E-state index contributed by atoms with van der Waals surface area (Å²) in [4.78, 5) is 4.48. The molecule has 0 bridgehead atoms. The largest absolute Gasteiger partial charge is 0.381 e. The van der Waals surface area contributed by atoms with Crippen molar-refractivity contribution < 1.29 is 9.13 Å². The maximum atomic E-state index is 13.7. The van der Waals surface area contributed by atoms with Gasteiger partial charge in [-0.05, 0) is 34.8 Å². The molecule has 1 saturated carbocycles. The molecule has 1 aliphatic carbocycles. The molecule has 0 spiro atoms. The van der Waals surface area contributed by atoms with Gasteiger partial charge in [0, 0.05) is 19.2 Å². The van der Waals surface area contributed by atoms with E-state index in [1.807, 2.05) is 4.57 Å². The number of methoxy groups -OCH3 is 1. The summed E-state index contributed by atoms with van der Waals surface area (Å²) in [6, 6.07) is 3.51. The van der Waals surface area contributed by atoms with Gasteiger partial charge in [0.25, 0.3) is 0 Å². The van der Waals surface area contributed by atoms with E-state index < -0.39 is 0 Å². The molecule has 1 heterocycles. The lowest BCUT2D eigenvalue weighted by Crippen LogP contribution is -2.33. The molecule has 0 saturated heterocycles. The van der Waals surface area contributed by atoms with Crippen LogP contribution in [0.3, 0.4) is 0 Å². The van der Waals surface area contributed by atoms with Gasteiger partial charge >= 0.3 is 0 Å². The van der Waals surface area contributed by atoms with Gasteiger partial charge in [0.1, 0.15) is 11.6 Å². The van der Waals surface area contributed by atoms with E-state index in [1.165, 1.54) is 6.07 Å². The summed E-state index contributed by atoms with van der Waals surface area (Å²) in [6.07, 6.45) is 2.12. The number of imidazole rings is 1. The van der Waals surface area contributed by atoms with E-state index in [0.29, 0.717) is 16.4 Å². The second kappa shape index (κ2) is 5.04. The van der Waals surface area contributed by atoms with Gasteiger partial charge in [0.15, 0.2) is 0 Å². The molecular weight excluding hydrogens is 335 g/mol. The Morgan fingerprint density at radius 1 is 1.53 bits per heavy atom. The molecule has 0 atom stereocenters. The van der Waals surface area contributed by atoms with Crippen LogP contribution in [0.2, 0.25) is 0 Å². The van der Waals surface area contributed by atoms with Gasteiger partial charge in [0.2, 0.25) is 0 Å². The Balaban J connectivity index is 2.08. The zero-order chi connectivity index (χ0) is 13.6. The zero-order valence-electron chi connectivity index (χ0n) is 10.4. The smallest absolute Gasteiger partial charge is 0.139 e. The van der Waals surface area contributed by atoms with Crippen LogP contribution in [0.15, 0.2) is 16.6 Å². The van der Waals surface area contributed by atoms with Crippen molar-refractivity contribution in [2.45, 2.75) is 30.9 Å². The van der Waals surface area contributed by atoms with E-state index in [4.69, 9.17) is 16.3 Å². The van der Waals surface area contributed by atoms with Crippen LogP contribution in [0.25, 0.3) is 11.0 Å². The molecule has 6 heteroatoms. The molecule has 1 aromatic heterocycles. The maximum absolute atomic E-state index is 13.7. The Hall–Kier alpha value is -0.650. The van der Waals surface area contributed by atoms with Crippen molar-refractivity contribution in [3.8, 4) is 0 Å². The predicted octanol–water partition coefficient (Wildman–Crippen LogP) is 4.03. The number of hydrogen-bond donors (Lipinski definition) is 0. The van der Waals surface area contributed by atoms with E-state index in [1.54, 1.807) is 13.2 Å². The molecule has 1 aliphatic rings. The third kappa shape index (κ3) is 2.18. The Morgan fingerprint density at radius 2 is 2.26 bits per heavy atom. The number of nitrogens with zero attached hydrogens (tertiary/aromatic N) is 2. The second-order valence-corrected chi connectivity index (χ2v) is 5.89. The number of halogens is 3. The summed E-state index contributed by atoms with van der Waals surface area (Å²) in [5.41, 5.74) is 1.57. The molecule has 2 aromatic rings. The van der Waals surface area contributed by atoms with Crippen molar-refractivity contribution in [2.75, 3.05) is 7.11 Å². The number of alkyl halides is 1. The molecule has 0 aliphatic heterocycles. The van der Waals surface area contributed by atoms with Gasteiger partial charge in [-0.2, -0.15) is 0 Å². The number of rotatable bonds is 3. The lowest BCUT2D eigenvalue weighted by Gasteiger charge is -2.36. The number of fused-ring (bicyclic) bond motifs is 1. The van der Waals surface area contributed by atoms with Crippen molar-refractivity contribution in [2.24, 2.45) is 0 Å². The van der Waals surface area contributed by atoms with Crippen molar-refractivity contribution in [1.82, 2.24) is 9.55 Å². The predicted molar refractivity (Wildman–Crippen MR) is 76.0 cm³/mol. The van der Waals surface area contributed by atoms with Crippen molar-refractivity contribution in [3.05, 3.63) is 28.2 Å².